The molecule has 0 spiro atoms. The van der Waals surface area contributed by atoms with E-state index < -0.39 is 10.1 Å². The Morgan fingerprint density at radius 1 is 1.25 bits per heavy atom. The summed E-state index contributed by atoms with van der Waals surface area (Å²) < 4.78 is 27.1. The number of hydrogen-bond acceptors (Lipinski definition) is 3. The molecule has 1 aliphatic carbocycles. The molecule has 0 unspecified atom stereocenters. The van der Waals surface area contributed by atoms with Crippen molar-refractivity contribution in [1.29, 1.82) is 0 Å². The molecule has 0 bridgehead atoms. The second kappa shape index (κ2) is 7.04. The summed E-state index contributed by atoms with van der Waals surface area (Å²) in [6, 6.07) is 8.51. The van der Waals surface area contributed by atoms with Crippen LogP contribution in [0.15, 0.2) is 36.3 Å². The second-order valence-corrected chi connectivity index (χ2v) is 6.82. The minimum Gasteiger partial charge on any atom is -0.267 e. The van der Waals surface area contributed by atoms with Crippen LogP contribution in [0.4, 0.5) is 0 Å². The molecule has 1 aromatic rings. The Morgan fingerprint density at radius 2 is 1.95 bits per heavy atom. The van der Waals surface area contributed by atoms with Crippen molar-refractivity contribution < 1.29 is 12.6 Å². The van der Waals surface area contributed by atoms with Crippen LogP contribution in [0.5, 0.6) is 0 Å². The smallest absolute Gasteiger partial charge is 0.267 e. The zero-order chi connectivity index (χ0) is 14.4. The Labute approximate surface area is 121 Å². The fraction of sp³-hybridized carbons (Fsp3) is 0.500. The molecule has 0 amide bonds. The maximum atomic E-state index is 11.1. The zero-order valence-electron chi connectivity index (χ0n) is 11.8. The summed E-state index contributed by atoms with van der Waals surface area (Å²) in [5, 5.41) is 0.847. The molecule has 0 saturated heterocycles. The molecule has 2 rings (SSSR count). The Balaban J connectivity index is 1.91. The van der Waals surface area contributed by atoms with Gasteiger partial charge in [-0.3, -0.25) is 4.18 Å². The fourth-order valence-electron chi connectivity index (χ4n) is 2.88. The van der Waals surface area contributed by atoms with E-state index in [0.29, 0.717) is 12.3 Å². The predicted molar refractivity (Wildman–Crippen MR) is 81.0 cm³/mol. The SMILES string of the molecule is C=CS(=O)(=O)OCCCc1ccccc1C1CCCC1. The molecule has 1 aliphatic rings. The molecule has 3 nitrogen and oxygen atoms in total. The van der Waals surface area contributed by atoms with Crippen LogP contribution >= 0.6 is 0 Å². The van der Waals surface area contributed by atoms with Crippen LogP contribution in [0, 0.1) is 0 Å². The van der Waals surface area contributed by atoms with Crippen molar-refractivity contribution in [2.45, 2.75) is 44.4 Å². The molecule has 0 atom stereocenters. The Morgan fingerprint density at radius 3 is 2.65 bits per heavy atom. The van der Waals surface area contributed by atoms with Gasteiger partial charge in [0.2, 0.25) is 0 Å². The minimum absolute atomic E-state index is 0.216. The highest BCUT2D eigenvalue weighted by Crippen LogP contribution is 2.36. The number of aryl methyl sites for hydroxylation is 1. The van der Waals surface area contributed by atoms with E-state index in [1.165, 1.54) is 36.8 Å². The van der Waals surface area contributed by atoms with Crippen molar-refractivity contribution in [2.24, 2.45) is 0 Å². The zero-order valence-corrected chi connectivity index (χ0v) is 12.6. The Kier molecular flexibility index (Phi) is 5.38. The molecule has 1 fully saturated rings. The molecule has 1 aromatic carbocycles. The minimum atomic E-state index is -3.54. The van der Waals surface area contributed by atoms with Gasteiger partial charge in [-0.25, -0.2) is 0 Å². The Bertz CT molecular complexity index is 543. The van der Waals surface area contributed by atoms with E-state index in [1.807, 2.05) is 0 Å². The standard InChI is InChI=1S/C16H22O3S/c1-2-20(17,18)19-13-7-11-15-10-5-6-12-16(15)14-8-3-4-9-14/h2,5-6,10,12,14H,1,3-4,7-9,11,13H2. The molecule has 1 saturated carbocycles. The summed E-state index contributed by atoms with van der Waals surface area (Å²) in [6.07, 6.45) is 6.76. The van der Waals surface area contributed by atoms with Crippen LogP contribution in [0.2, 0.25) is 0 Å². The molecule has 0 aliphatic heterocycles. The van der Waals surface area contributed by atoms with Gasteiger partial charge in [0.1, 0.15) is 0 Å². The molecule has 0 aromatic heterocycles. The van der Waals surface area contributed by atoms with Gasteiger partial charge in [-0.05, 0) is 42.7 Å². The quantitative estimate of drug-likeness (QED) is 0.568. The number of benzene rings is 1. The van der Waals surface area contributed by atoms with E-state index >= 15 is 0 Å². The van der Waals surface area contributed by atoms with Crippen LogP contribution in [0.25, 0.3) is 0 Å². The van der Waals surface area contributed by atoms with Gasteiger partial charge in [-0.1, -0.05) is 43.7 Å². The maximum Gasteiger partial charge on any atom is 0.289 e. The van der Waals surface area contributed by atoms with Crippen molar-refractivity contribution in [3.8, 4) is 0 Å². The average molecular weight is 294 g/mol. The van der Waals surface area contributed by atoms with Crippen molar-refractivity contribution in [3.05, 3.63) is 47.4 Å². The lowest BCUT2D eigenvalue weighted by atomic mass is 9.91. The summed E-state index contributed by atoms with van der Waals surface area (Å²) >= 11 is 0. The van der Waals surface area contributed by atoms with Gasteiger partial charge in [0.05, 0.1) is 12.0 Å². The van der Waals surface area contributed by atoms with Crippen molar-refractivity contribution in [2.75, 3.05) is 6.61 Å². The summed E-state index contributed by atoms with van der Waals surface area (Å²) in [7, 11) is -3.54. The molecule has 4 heteroatoms. The lowest BCUT2D eigenvalue weighted by Gasteiger charge is -2.15. The van der Waals surface area contributed by atoms with Gasteiger partial charge in [0.15, 0.2) is 0 Å². The van der Waals surface area contributed by atoms with Crippen LogP contribution < -0.4 is 0 Å². The van der Waals surface area contributed by atoms with E-state index in [0.717, 1.165) is 11.8 Å². The summed E-state index contributed by atoms with van der Waals surface area (Å²) in [4.78, 5) is 0. The Hall–Kier alpha value is -1.13. The molecule has 110 valence electrons. The van der Waals surface area contributed by atoms with Crippen LogP contribution in [0.1, 0.15) is 49.1 Å². The highest BCUT2D eigenvalue weighted by molar-refractivity contribution is 7.89. The van der Waals surface area contributed by atoms with Crippen LogP contribution in [-0.4, -0.2) is 15.0 Å². The molecule has 0 radical (unpaired) electrons. The molecular formula is C16H22O3S. The molecule has 20 heavy (non-hydrogen) atoms. The first kappa shape index (κ1) is 15.3. The van der Waals surface area contributed by atoms with Crippen LogP contribution in [0.3, 0.4) is 0 Å². The number of rotatable bonds is 7. The highest BCUT2D eigenvalue weighted by Gasteiger charge is 2.19. The molecular weight excluding hydrogens is 272 g/mol. The third-order valence-electron chi connectivity index (χ3n) is 3.89. The monoisotopic (exact) mass is 294 g/mol. The van der Waals surface area contributed by atoms with Crippen molar-refractivity contribution >= 4 is 10.1 Å². The first-order valence-electron chi connectivity index (χ1n) is 7.22. The number of hydrogen-bond donors (Lipinski definition) is 0. The molecule has 0 heterocycles. The van der Waals surface area contributed by atoms with Crippen LogP contribution in [-0.2, 0) is 20.7 Å². The maximum absolute atomic E-state index is 11.1. The first-order chi connectivity index (χ1) is 9.62. The highest BCUT2D eigenvalue weighted by atomic mass is 32.2. The largest absolute Gasteiger partial charge is 0.289 e. The van der Waals surface area contributed by atoms with Gasteiger partial charge < -0.3 is 0 Å². The van der Waals surface area contributed by atoms with Gasteiger partial charge >= 0.3 is 0 Å². The topological polar surface area (TPSA) is 43.4 Å². The van der Waals surface area contributed by atoms with Gasteiger partial charge in [-0.15, -0.1) is 0 Å². The van der Waals surface area contributed by atoms with E-state index in [2.05, 4.69) is 30.8 Å². The van der Waals surface area contributed by atoms with E-state index in [9.17, 15) is 8.42 Å². The lowest BCUT2D eigenvalue weighted by Crippen LogP contribution is -2.05. The van der Waals surface area contributed by atoms with Crippen molar-refractivity contribution in [3.63, 3.8) is 0 Å². The summed E-state index contributed by atoms with van der Waals surface area (Å²) in [6.45, 7) is 3.44. The average Bonchev–Trinajstić information content (AvgIpc) is 2.98. The van der Waals surface area contributed by atoms with E-state index in [4.69, 9.17) is 4.18 Å². The third kappa shape index (κ3) is 4.18. The fourth-order valence-corrected chi connectivity index (χ4v) is 3.33. The second-order valence-electron chi connectivity index (χ2n) is 5.27. The third-order valence-corrected chi connectivity index (χ3v) is 4.80. The molecule has 0 N–H and O–H groups in total. The normalized spacial score (nSPS) is 16.4. The van der Waals surface area contributed by atoms with Gasteiger partial charge in [0, 0.05) is 0 Å². The first-order valence-corrected chi connectivity index (χ1v) is 8.69. The summed E-state index contributed by atoms with van der Waals surface area (Å²) in [5.41, 5.74) is 2.77. The van der Waals surface area contributed by atoms with E-state index in [-0.39, 0.29) is 6.61 Å². The van der Waals surface area contributed by atoms with Crippen molar-refractivity contribution in [1.82, 2.24) is 0 Å². The van der Waals surface area contributed by atoms with Gasteiger partial charge in [-0.2, -0.15) is 8.42 Å². The van der Waals surface area contributed by atoms with E-state index in [1.54, 1.807) is 0 Å². The van der Waals surface area contributed by atoms with Gasteiger partial charge in [0.25, 0.3) is 10.1 Å². The lowest BCUT2D eigenvalue weighted by molar-refractivity contribution is 0.318. The summed E-state index contributed by atoms with van der Waals surface area (Å²) in [5.74, 6) is 0.684. The predicted octanol–water partition coefficient (Wildman–Crippen LogP) is 3.77.